The second-order valence-electron chi connectivity index (χ2n) is 5.72. The fourth-order valence-electron chi connectivity index (χ4n) is 2.99. The van der Waals surface area contributed by atoms with E-state index in [-0.39, 0.29) is 5.91 Å². The predicted molar refractivity (Wildman–Crippen MR) is 86.0 cm³/mol. The van der Waals surface area contributed by atoms with E-state index in [4.69, 9.17) is 0 Å². The minimum atomic E-state index is -0.0355. The normalized spacial score (nSPS) is 15.0. The molecule has 0 N–H and O–H groups in total. The molecular weight excluding hydrogens is 290 g/mol. The maximum Gasteiger partial charge on any atom is 0.274 e. The van der Waals surface area contributed by atoms with Gasteiger partial charge in [0.25, 0.3) is 5.91 Å². The number of nitrogens with zero attached hydrogens (tertiary/aromatic N) is 5. The van der Waals surface area contributed by atoms with Crippen LogP contribution in [0.4, 0.5) is 0 Å². The van der Waals surface area contributed by atoms with Gasteiger partial charge in [-0.3, -0.25) is 9.78 Å². The van der Waals surface area contributed by atoms with Gasteiger partial charge in [-0.15, -0.1) is 0 Å². The highest BCUT2D eigenvalue weighted by atomic mass is 16.2. The Labute approximate surface area is 133 Å². The molecule has 0 atom stereocenters. The number of hydrogen-bond donors (Lipinski definition) is 0. The van der Waals surface area contributed by atoms with Gasteiger partial charge in [-0.2, -0.15) is 5.10 Å². The Morgan fingerprint density at radius 1 is 1.04 bits per heavy atom. The van der Waals surface area contributed by atoms with Gasteiger partial charge in [0.2, 0.25) is 0 Å². The summed E-state index contributed by atoms with van der Waals surface area (Å²) < 4.78 is 1.80. The van der Waals surface area contributed by atoms with Gasteiger partial charge < -0.3 is 4.90 Å². The Kier molecular flexibility index (Phi) is 3.49. The first-order chi connectivity index (χ1) is 11.3. The van der Waals surface area contributed by atoms with E-state index in [1.807, 2.05) is 29.2 Å². The Morgan fingerprint density at radius 3 is 2.78 bits per heavy atom. The third-order valence-electron chi connectivity index (χ3n) is 4.18. The molecule has 0 aliphatic carbocycles. The van der Waals surface area contributed by atoms with Crippen LogP contribution in [0.5, 0.6) is 0 Å². The molecule has 23 heavy (non-hydrogen) atoms. The number of likely N-dealkylation sites (tertiary alicyclic amines) is 1. The summed E-state index contributed by atoms with van der Waals surface area (Å²) in [6, 6.07) is 7.79. The zero-order chi connectivity index (χ0) is 15.6. The van der Waals surface area contributed by atoms with Gasteiger partial charge in [0.1, 0.15) is 11.4 Å². The molecule has 1 saturated heterocycles. The van der Waals surface area contributed by atoms with Crippen LogP contribution in [0.15, 0.2) is 42.9 Å². The molecule has 6 heteroatoms. The quantitative estimate of drug-likeness (QED) is 0.729. The van der Waals surface area contributed by atoms with Crippen molar-refractivity contribution in [2.75, 3.05) is 13.1 Å². The van der Waals surface area contributed by atoms with Gasteiger partial charge in [0.15, 0.2) is 0 Å². The zero-order valence-electron chi connectivity index (χ0n) is 12.7. The molecule has 4 heterocycles. The van der Waals surface area contributed by atoms with Gasteiger partial charge in [0.05, 0.1) is 29.8 Å². The number of pyridine rings is 1. The molecule has 1 amide bonds. The van der Waals surface area contributed by atoms with Gasteiger partial charge in [-0.05, 0) is 37.5 Å². The summed E-state index contributed by atoms with van der Waals surface area (Å²) in [6.45, 7) is 1.61. The molecule has 1 aliphatic heterocycles. The minimum Gasteiger partial charge on any atom is -0.337 e. The van der Waals surface area contributed by atoms with Gasteiger partial charge in [0, 0.05) is 13.1 Å². The van der Waals surface area contributed by atoms with E-state index in [0.29, 0.717) is 11.4 Å². The molecule has 0 bridgehead atoms. The first-order valence-corrected chi connectivity index (χ1v) is 7.87. The molecule has 0 saturated carbocycles. The molecule has 0 unspecified atom stereocenters. The Bertz CT molecular complexity index is 851. The number of hydrogen-bond acceptors (Lipinski definition) is 4. The van der Waals surface area contributed by atoms with Crippen molar-refractivity contribution in [2.45, 2.75) is 19.3 Å². The third-order valence-corrected chi connectivity index (χ3v) is 4.18. The number of carbonyl (C=O) groups is 1. The fourth-order valence-corrected chi connectivity index (χ4v) is 2.99. The van der Waals surface area contributed by atoms with Crippen LogP contribution in [0.1, 0.15) is 29.8 Å². The second-order valence-corrected chi connectivity index (χ2v) is 5.72. The van der Waals surface area contributed by atoms with Crippen LogP contribution in [-0.2, 0) is 0 Å². The number of carbonyl (C=O) groups excluding carboxylic acids is 1. The van der Waals surface area contributed by atoms with E-state index in [2.05, 4.69) is 15.1 Å². The number of aromatic nitrogens is 4. The first-order valence-electron chi connectivity index (χ1n) is 7.87. The smallest absolute Gasteiger partial charge is 0.274 e. The highest BCUT2D eigenvalue weighted by Crippen LogP contribution is 2.19. The largest absolute Gasteiger partial charge is 0.337 e. The molecule has 4 rings (SSSR count). The maximum absolute atomic E-state index is 12.6. The summed E-state index contributed by atoms with van der Waals surface area (Å²) in [4.78, 5) is 23.2. The second kappa shape index (κ2) is 5.79. The highest BCUT2D eigenvalue weighted by Gasteiger charge is 2.20. The SMILES string of the molecule is O=C(c1cncc(-c2cccc3ccnn23)n1)N1CCCCC1. The van der Waals surface area contributed by atoms with E-state index < -0.39 is 0 Å². The summed E-state index contributed by atoms with van der Waals surface area (Å²) in [7, 11) is 0. The molecular formula is C17H17N5O. The lowest BCUT2D eigenvalue weighted by Crippen LogP contribution is -2.36. The Morgan fingerprint density at radius 2 is 1.91 bits per heavy atom. The topological polar surface area (TPSA) is 63.4 Å². The lowest BCUT2D eigenvalue weighted by Gasteiger charge is -2.26. The number of rotatable bonds is 2. The van der Waals surface area contributed by atoms with Crippen molar-refractivity contribution in [3.05, 3.63) is 48.5 Å². The number of fused-ring (bicyclic) bond motifs is 1. The van der Waals surface area contributed by atoms with E-state index in [0.717, 1.165) is 37.1 Å². The Hall–Kier alpha value is -2.76. The number of amides is 1. The van der Waals surface area contributed by atoms with E-state index in [9.17, 15) is 4.79 Å². The van der Waals surface area contributed by atoms with Gasteiger partial charge in [-0.1, -0.05) is 6.07 Å². The molecule has 3 aromatic heterocycles. The summed E-state index contributed by atoms with van der Waals surface area (Å²) in [5.74, 6) is -0.0355. The molecule has 3 aromatic rings. The van der Waals surface area contributed by atoms with Crippen LogP contribution in [0, 0.1) is 0 Å². The fraction of sp³-hybridized carbons (Fsp3) is 0.294. The third kappa shape index (κ3) is 2.56. The van der Waals surface area contributed by atoms with Crippen molar-refractivity contribution < 1.29 is 4.79 Å². The van der Waals surface area contributed by atoms with Crippen LogP contribution in [0.2, 0.25) is 0 Å². The van der Waals surface area contributed by atoms with Crippen LogP contribution >= 0.6 is 0 Å². The summed E-state index contributed by atoms with van der Waals surface area (Å²) in [6.07, 6.45) is 8.27. The molecule has 0 radical (unpaired) electrons. The van der Waals surface area contributed by atoms with Crippen LogP contribution in [-0.4, -0.2) is 43.5 Å². The molecule has 0 spiro atoms. The predicted octanol–water partition coefficient (Wildman–Crippen LogP) is 2.42. The molecule has 0 aromatic carbocycles. The first kappa shape index (κ1) is 13.9. The zero-order valence-corrected chi connectivity index (χ0v) is 12.7. The summed E-state index contributed by atoms with van der Waals surface area (Å²) >= 11 is 0. The van der Waals surface area contributed by atoms with E-state index in [1.54, 1.807) is 23.1 Å². The van der Waals surface area contributed by atoms with Gasteiger partial charge >= 0.3 is 0 Å². The van der Waals surface area contributed by atoms with E-state index >= 15 is 0 Å². The molecule has 116 valence electrons. The lowest BCUT2D eigenvalue weighted by molar-refractivity contribution is 0.0718. The van der Waals surface area contributed by atoms with E-state index in [1.165, 1.54) is 6.42 Å². The van der Waals surface area contributed by atoms with Crippen molar-refractivity contribution in [3.63, 3.8) is 0 Å². The monoisotopic (exact) mass is 307 g/mol. The highest BCUT2D eigenvalue weighted by molar-refractivity contribution is 5.92. The summed E-state index contributed by atoms with van der Waals surface area (Å²) in [5, 5.41) is 4.31. The maximum atomic E-state index is 12.6. The van der Waals surface area contributed by atoms with Crippen LogP contribution in [0.3, 0.4) is 0 Å². The minimum absolute atomic E-state index is 0.0355. The van der Waals surface area contributed by atoms with Gasteiger partial charge in [-0.25, -0.2) is 9.50 Å². The average Bonchev–Trinajstić information content (AvgIpc) is 3.10. The van der Waals surface area contributed by atoms with Crippen molar-refractivity contribution in [1.29, 1.82) is 0 Å². The van der Waals surface area contributed by atoms with Crippen molar-refractivity contribution in [2.24, 2.45) is 0 Å². The standard InChI is InChI=1S/C17H17N5O/c23-17(21-9-2-1-3-10-21)15-12-18-11-14(20-15)16-6-4-5-13-7-8-19-22(13)16/h4-8,11-12H,1-3,9-10H2. The van der Waals surface area contributed by atoms with Crippen molar-refractivity contribution in [3.8, 4) is 11.4 Å². The van der Waals surface area contributed by atoms with Crippen LogP contribution in [0.25, 0.3) is 16.9 Å². The summed E-state index contributed by atoms with van der Waals surface area (Å²) in [5.41, 5.74) is 2.86. The molecule has 1 aliphatic rings. The lowest BCUT2D eigenvalue weighted by atomic mass is 10.1. The van der Waals surface area contributed by atoms with Crippen LogP contribution < -0.4 is 0 Å². The Balaban J connectivity index is 1.71. The van der Waals surface area contributed by atoms with Crippen molar-refractivity contribution in [1.82, 2.24) is 24.5 Å². The molecule has 1 fully saturated rings. The molecule has 6 nitrogen and oxygen atoms in total. The number of piperidine rings is 1. The van der Waals surface area contributed by atoms with Crippen molar-refractivity contribution >= 4 is 11.4 Å². The average molecular weight is 307 g/mol.